The minimum Gasteiger partial charge on any atom is -0.319 e. The lowest BCUT2D eigenvalue weighted by molar-refractivity contribution is -0.113. The van der Waals surface area contributed by atoms with E-state index in [-0.39, 0.29) is 22.9 Å². The summed E-state index contributed by atoms with van der Waals surface area (Å²) in [5.74, 6) is -0.179. The van der Waals surface area contributed by atoms with Gasteiger partial charge in [-0.3, -0.25) is 18.7 Å². The van der Waals surface area contributed by atoms with Gasteiger partial charge in [0.25, 0.3) is 5.56 Å². The molecule has 0 fully saturated rings. The molecule has 172 valence electrons. The van der Waals surface area contributed by atoms with Gasteiger partial charge in [-0.2, -0.15) is 0 Å². The van der Waals surface area contributed by atoms with Crippen LogP contribution in [0.2, 0.25) is 0 Å². The summed E-state index contributed by atoms with van der Waals surface area (Å²) in [7, 11) is 1.80. The maximum absolute atomic E-state index is 13.1. The van der Waals surface area contributed by atoms with E-state index in [0.717, 1.165) is 33.4 Å². The molecular formula is C25H24N6O2S. The van der Waals surface area contributed by atoms with Gasteiger partial charge in [0.15, 0.2) is 10.8 Å². The number of aromatic nitrogens is 5. The Kier molecular flexibility index (Phi) is 5.49. The molecule has 3 heterocycles. The number of nitrogens with one attached hydrogen (secondary N) is 1. The first-order valence-electron chi connectivity index (χ1n) is 10.9. The maximum atomic E-state index is 13.1. The molecule has 1 N–H and O–H groups in total. The number of carbonyl (C=O) groups excluding carboxylic acids is 1. The summed E-state index contributed by atoms with van der Waals surface area (Å²) in [4.78, 5) is 25.9. The Bertz CT molecular complexity index is 1610. The van der Waals surface area contributed by atoms with E-state index in [1.54, 1.807) is 16.4 Å². The molecule has 0 aliphatic heterocycles. The number of amides is 1. The van der Waals surface area contributed by atoms with Gasteiger partial charge in [0.2, 0.25) is 5.91 Å². The zero-order valence-corrected chi connectivity index (χ0v) is 20.2. The van der Waals surface area contributed by atoms with Gasteiger partial charge in [0.05, 0.1) is 22.7 Å². The first-order valence-corrected chi connectivity index (χ1v) is 11.9. The molecule has 0 bridgehead atoms. The molecule has 5 rings (SSSR count). The molecule has 3 aromatic heterocycles. The van der Waals surface area contributed by atoms with Crippen LogP contribution < -0.4 is 10.9 Å². The monoisotopic (exact) mass is 472 g/mol. The Morgan fingerprint density at radius 3 is 2.53 bits per heavy atom. The average Bonchev–Trinajstić information content (AvgIpc) is 3.32. The average molecular weight is 473 g/mol. The van der Waals surface area contributed by atoms with E-state index >= 15 is 0 Å². The maximum Gasteiger partial charge on any atom is 0.295 e. The highest BCUT2D eigenvalue weighted by atomic mass is 32.2. The van der Waals surface area contributed by atoms with E-state index in [4.69, 9.17) is 0 Å². The molecular weight excluding hydrogens is 448 g/mol. The van der Waals surface area contributed by atoms with Crippen molar-refractivity contribution in [1.82, 2.24) is 24.0 Å². The largest absolute Gasteiger partial charge is 0.319 e. The van der Waals surface area contributed by atoms with Gasteiger partial charge >= 0.3 is 0 Å². The van der Waals surface area contributed by atoms with Crippen LogP contribution in [0.25, 0.3) is 22.2 Å². The molecule has 8 nitrogen and oxygen atoms in total. The third-order valence-electron chi connectivity index (χ3n) is 6.04. The van der Waals surface area contributed by atoms with Crippen molar-refractivity contribution in [3.63, 3.8) is 0 Å². The van der Waals surface area contributed by atoms with Crippen LogP contribution in [0.1, 0.15) is 16.8 Å². The number of benzene rings is 2. The first-order chi connectivity index (χ1) is 16.4. The minimum absolute atomic E-state index is 0.0984. The smallest absolute Gasteiger partial charge is 0.295 e. The fraction of sp³-hybridized carbons (Fsp3) is 0.200. The highest BCUT2D eigenvalue weighted by Crippen LogP contribution is 2.28. The van der Waals surface area contributed by atoms with Crippen molar-refractivity contribution in [2.75, 3.05) is 11.1 Å². The Hall–Kier alpha value is -3.85. The molecule has 34 heavy (non-hydrogen) atoms. The van der Waals surface area contributed by atoms with Crippen LogP contribution in [0.3, 0.4) is 0 Å². The molecule has 9 heteroatoms. The molecule has 0 saturated heterocycles. The van der Waals surface area contributed by atoms with Crippen molar-refractivity contribution < 1.29 is 4.79 Å². The number of hydrogen-bond donors (Lipinski definition) is 1. The molecule has 0 saturated carbocycles. The quantitative estimate of drug-likeness (QED) is 0.391. The number of carbonyl (C=O) groups is 1. The second-order valence-electron chi connectivity index (χ2n) is 8.25. The molecule has 0 unspecified atom stereocenters. The molecule has 5 aromatic rings. The van der Waals surface area contributed by atoms with Crippen molar-refractivity contribution in [2.45, 2.75) is 25.9 Å². The molecule has 0 aliphatic carbocycles. The third-order valence-corrected chi connectivity index (χ3v) is 6.97. The number of nitrogens with zero attached hydrogens (tertiary/aromatic N) is 5. The van der Waals surface area contributed by atoms with Gasteiger partial charge in [-0.1, -0.05) is 48.2 Å². The normalized spacial score (nSPS) is 11.4. The van der Waals surface area contributed by atoms with Gasteiger partial charge in [0.1, 0.15) is 5.69 Å². The minimum atomic E-state index is -0.277. The molecule has 2 aromatic carbocycles. The lowest BCUT2D eigenvalue weighted by Gasteiger charge is -2.10. The van der Waals surface area contributed by atoms with Gasteiger partial charge in [-0.25, -0.2) is 4.68 Å². The van der Waals surface area contributed by atoms with Crippen LogP contribution >= 0.6 is 11.8 Å². The number of para-hydroxylation sites is 2. The van der Waals surface area contributed by atoms with Crippen LogP contribution in [0, 0.1) is 20.8 Å². The fourth-order valence-electron chi connectivity index (χ4n) is 4.24. The van der Waals surface area contributed by atoms with Gasteiger partial charge in [-0.15, -0.1) is 10.2 Å². The number of thioether (sulfide) groups is 1. The number of anilines is 1. The summed E-state index contributed by atoms with van der Waals surface area (Å²) in [6.07, 6.45) is 0. The number of fused-ring (bicyclic) bond motifs is 3. The molecule has 0 atom stereocenters. The van der Waals surface area contributed by atoms with Crippen molar-refractivity contribution >= 4 is 39.9 Å². The molecule has 0 spiro atoms. The van der Waals surface area contributed by atoms with Crippen LogP contribution in [0.15, 0.2) is 64.5 Å². The zero-order valence-electron chi connectivity index (χ0n) is 19.4. The number of pyridine rings is 1. The Morgan fingerprint density at radius 1 is 1.00 bits per heavy atom. The number of hydrogen-bond acceptors (Lipinski definition) is 5. The van der Waals surface area contributed by atoms with Gasteiger partial charge < -0.3 is 5.32 Å². The lowest BCUT2D eigenvalue weighted by atomic mass is 10.1. The van der Waals surface area contributed by atoms with Crippen molar-refractivity contribution in [3.8, 4) is 5.69 Å². The molecule has 1 amide bonds. The summed E-state index contributed by atoms with van der Waals surface area (Å²) >= 11 is 1.29. The standard InChI is InChI=1S/C25H24N6O2S/c1-15-9-8-12-19-16(2)13-20-27-28-25(30(20)23(15)19)34-14-21(32)26-22-17(3)29(4)31(24(22)33)18-10-6-5-7-11-18/h5-13H,14H2,1-4H3,(H,26,32). The summed E-state index contributed by atoms with van der Waals surface area (Å²) in [5.41, 5.74) is 5.44. The first kappa shape index (κ1) is 22.0. The summed E-state index contributed by atoms with van der Waals surface area (Å²) in [6.45, 7) is 5.92. The summed E-state index contributed by atoms with van der Waals surface area (Å²) < 4.78 is 5.27. The highest BCUT2D eigenvalue weighted by Gasteiger charge is 2.19. The van der Waals surface area contributed by atoms with E-state index in [2.05, 4.69) is 41.5 Å². The predicted molar refractivity (Wildman–Crippen MR) is 135 cm³/mol. The Morgan fingerprint density at radius 2 is 1.76 bits per heavy atom. The Labute approximate surface area is 200 Å². The van der Waals surface area contributed by atoms with Gasteiger partial charge in [0, 0.05) is 12.4 Å². The predicted octanol–water partition coefficient (Wildman–Crippen LogP) is 4.03. The van der Waals surface area contributed by atoms with E-state index in [1.807, 2.05) is 53.8 Å². The molecule has 0 aliphatic rings. The number of aryl methyl sites for hydroxylation is 2. The van der Waals surface area contributed by atoms with Crippen molar-refractivity contribution in [1.29, 1.82) is 0 Å². The van der Waals surface area contributed by atoms with E-state index in [0.29, 0.717) is 10.9 Å². The van der Waals surface area contributed by atoms with Gasteiger partial charge in [-0.05, 0) is 50.1 Å². The second kappa shape index (κ2) is 8.49. The van der Waals surface area contributed by atoms with E-state index in [9.17, 15) is 9.59 Å². The summed E-state index contributed by atoms with van der Waals surface area (Å²) in [5, 5.41) is 13.2. The van der Waals surface area contributed by atoms with E-state index < -0.39 is 0 Å². The number of rotatable bonds is 5. The van der Waals surface area contributed by atoms with Crippen molar-refractivity contribution in [2.24, 2.45) is 7.05 Å². The molecule has 0 radical (unpaired) electrons. The summed E-state index contributed by atoms with van der Waals surface area (Å²) in [6, 6.07) is 17.5. The highest BCUT2D eigenvalue weighted by molar-refractivity contribution is 7.99. The lowest BCUT2D eigenvalue weighted by Crippen LogP contribution is -2.23. The van der Waals surface area contributed by atoms with E-state index in [1.165, 1.54) is 11.8 Å². The fourth-order valence-corrected chi connectivity index (χ4v) is 4.99. The SMILES string of the molecule is Cc1cc2nnc(SCC(=O)Nc3c(C)n(C)n(-c4ccccc4)c3=O)n2c2c(C)cccc12. The zero-order chi connectivity index (χ0) is 24.0. The second-order valence-corrected chi connectivity index (χ2v) is 9.19. The van der Waals surface area contributed by atoms with Crippen LogP contribution in [0.5, 0.6) is 0 Å². The third kappa shape index (κ3) is 3.58. The Balaban J connectivity index is 1.42. The van der Waals surface area contributed by atoms with Crippen molar-refractivity contribution in [3.05, 3.63) is 81.8 Å². The van der Waals surface area contributed by atoms with Crippen LogP contribution in [-0.4, -0.2) is 35.6 Å². The van der Waals surface area contributed by atoms with Crippen LogP contribution in [0.4, 0.5) is 5.69 Å². The van der Waals surface area contributed by atoms with Crippen LogP contribution in [-0.2, 0) is 11.8 Å². The topological polar surface area (TPSA) is 86.2 Å².